The SMILES string of the molecule is CC(C)CCC[C@@H](C)[C@H]1CC[C@H]2[C@@H]3CC=C4C[C@@H](Oc5ccccc5)CC[C@]4(C)[C@H]3CC[C@]12C. The molecule has 1 heteroatoms. The van der Waals surface area contributed by atoms with Crippen molar-refractivity contribution in [2.45, 2.75) is 111 Å². The smallest absolute Gasteiger partial charge is 0.119 e. The van der Waals surface area contributed by atoms with Crippen molar-refractivity contribution in [3.8, 4) is 5.75 Å². The zero-order chi connectivity index (χ0) is 23.9. The molecular formula is C33H50O. The van der Waals surface area contributed by atoms with Gasteiger partial charge in [-0.15, -0.1) is 0 Å². The van der Waals surface area contributed by atoms with Crippen molar-refractivity contribution in [1.82, 2.24) is 0 Å². The lowest BCUT2D eigenvalue weighted by Gasteiger charge is -2.58. The van der Waals surface area contributed by atoms with Crippen LogP contribution in [0.4, 0.5) is 0 Å². The van der Waals surface area contributed by atoms with Crippen molar-refractivity contribution < 1.29 is 4.74 Å². The fourth-order valence-corrected chi connectivity index (χ4v) is 9.44. The average Bonchev–Trinajstić information content (AvgIpc) is 3.17. The van der Waals surface area contributed by atoms with E-state index in [1.165, 1.54) is 64.2 Å². The molecule has 0 amide bonds. The van der Waals surface area contributed by atoms with Crippen molar-refractivity contribution >= 4 is 0 Å². The Morgan fingerprint density at radius 1 is 0.912 bits per heavy atom. The molecule has 3 fully saturated rings. The van der Waals surface area contributed by atoms with Crippen LogP contribution in [-0.2, 0) is 0 Å². The van der Waals surface area contributed by atoms with Gasteiger partial charge in [-0.3, -0.25) is 0 Å². The zero-order valence-electron chi connectivity index (χ0n) is 22.7. The monoisotopic (exact) mass is 462 g/mol. The normalized spacial score (nSPS) is 40.2. The predicted molar refractivity (Wildman–Crippen MR) is 144 cm³/mol. The number of allylic oxidation sites excluding steroid dienone is 1. The molecule has 0 heterocycles. The third-order valence-electron chi connectivity index (χ3n) is 11.3. The summed E-state index contributed by atoms with van der Waals surface area (Å²) in [6, 6.07) is 10.5. The first kappa shape index (κ1) is 24.5. The molecule has 188 valence electrons. The van der Waals surface area contributed by atoms with Crippen LogP contribution in [0.15, 0.2) is 42.0 Å². The van der Waals surface area contributed by atoms with Crippen LogP contribution >= 0.6 is 0 Å². The number of ether oxygens (including phenoxy) is 1. The van der Waals surface area contributed by atoms with Crippen molar-refractivity contribution in [2.75, 3.05) is 0 Å². The highest BCUT2D eigenvalue weighted by Gasteiger charge is 2.59. The Balaban J connectivity index is 1.27. The predicted octanol–water partition coefficient (Wildman–Crippen LogP) is 9.48. The van der Waals surface area contributed by atoms with E-state index in [1.54, 1.807) is 5.57 Å². The lowest BCUT2D eigenvalue weighted by molar-refractivity contribution is -0.0559. The maximum Gasteiger partial charge on any atom is 0.119 e. The van der Waals surface area contributed by atoms with Gasteiger partial charge in [-0.2, -0.15) is 0 Å². The minimum atomic E-state index is 0.356. The summed E-state index contributed by atoms with van der Waals surface area (Å²) in [5.74, 6) is 6.53. The summed E-state index contributed by atoms with van der Waals surface area (Å²) in [5, 5.41) is 0. The standard InChI is InChI=1S/C33H50O/c1-23(2)10-9-11-24(3)29-16-17-30-28-15-14-25-22-27(34-26-12-7-6-8-13-26)18-20-32(25,4)31(28)19-21-33(29,30)5/h6-8,12-14,23-24,27-31H,9-11,15-22H2,1-5H3/t24-,27+,28+,29-,30+,31+,32+,33-/m1/s1. The van der Waals surface area contributed by atoms with E-state index in [0.29, 0.717) is 16.9 Å². The van der Waals surface area contributed by atoms with Crippen molar-refractivity contribution in [2.24, 2.45) is 46.3 Å². The molecule has 1 aromatic carbocycles. The van der Waals surface area contributed by atoms with Crippen LogP contribution in [-0.4, -0.2) is 6.10 Å². The Morgan fingerprint density at radius 3 is 2.47 bits per heavy atom. The van der Waals surface area contributed by atoms with Gasteiger partial charge in [-0.05, 0) is 103 Å². The molecule has 0 aromatic heterocycles. The van der Waals surface area contributed by atoms with Crippen LogP contribution in [0, 0.1) is 46.3 Å². The highest BCUT2D eigenvalue weighted by atomic mass is 16.5. The number of hydrogen-bond acceptors (Lipinski definition) is 1. The van der Waals surface area contributed by atoms with Gasteiger partial charge < -0.3 is 4.74 Å². The lowest BCUT2D eigenvalue weighted by Crippen LogP contribution is -2.51. The molecule has 1 aromatic rings. The second-order valence-electron chi connectivity index (χ2n) is 13.6. The minimum Gasteiger partial charge on any atom is -0.490 e. The summed E-state index contributed by atoms with van der Waals surface area (Å²) in [7, 11) is 0. The van der Waals surface area contributed by atoms with E-state index in [2.05, 4.69) is 71.0 Å². The van der Waals surface area contributed by atoms with Gasteiger partial charge >= 0.3 is 0 Å². The molecule has 0 spiro atoms. The van der Waals surface area contributed by atoms with Crippen molar-refractivity contribution in [1.29, 1.82) is 0 Å². The maximum absolute atomic E-state index is 6.42. The summed E-state index contributed by atoms with van der Waals surface area (Å²) in [6.07, 6.45) is 18.3. The van der Waals surface area contributed by atoms with Crippen LogP contribution in [0.25, 0.3) is 0 Å². The highest BCUT2D eigenvalue weighted by Crippen LogP contribution is 2.67. The Kier molecular flexibility index (Phi) is 6.95. The second kappa shape index (κ2) is 9.67. The first-order valence-electron chi connectivity index (χ1n) is 14.7. The van der Waals surface area contributed by atoms with E-state index in [-0.39, 0.29) is 0 Å². The molecular weight excluding hydrogens is 412 g/mol. The quantitative estimate of drug-likeness (QED) is 0.367. The number of benzene rings is 1. The molecule has 34 heavy (non-hydrogen) atoms. The Morgan fingerprint density at radius 2 is 1.71 bits per heavy atom. The van der Waals surface area contributed by atoms with E-state index in [1.807, 2.05) is 0 Å². The first-order chi connectivity index (χ1) is 16.3. The Hall–Kier alpha value is -1.24. The molecule has 0 saturated heterocycles. The van der Waals surface area contributed by atoms with E-state index >= 15 is 0 Å². The van der Waals surface area contributed by atoms with Crippen LogP contribution in [0.1, 0.15) is 105 Å². The molecule has 4 aliphatic rings. The Labute approximate surface area is 210 Å². The summed E-state index contributed by atoms with van der Waals surface area (Å²) >= 11 is 0. The third-order valence-corrected chi connectivity index (χ3v) is 11.3. The van der Waals surface area contributed by atoms with Crippen LogP contribution in [0.2, 0.25) is 0 Å². The average molecular weight is 463 g/mol. The molecule has 0 aliphatic heterocycles. The summed E-state index contributed by atoms with van der Waals surface area (Å²) < 4.78 is 6.42. The van der Waals surface area contributed by atoms with Crippen LogP contribution < -0.4 is 4.74 Å². The highest BCUT2D eigenvalue weighted by molar-refractivity contribution is 5.27. The van der Waals surface area contributed by atoms with Crippen LogP contribution in [0.3, 0.4) is 0 Å². The fraction of sp³-hybridized carbons (Fsp3) is 0.758. The van der Waals surface area contributed by atoms with Crippen molar-refractivity contribution in [3.05, 3.63) is 42.0 Å². The molecule has 8 atom stereocenters. The molecule has 0 unspecified atom stereocenters. The van der Waals surface area contributed by atoms with Gasteiger partial charge in [-0.1, -0.05) is 83.7 Å². The first-order valence-corrected chi connectivity index (χ1v) is 14.7. The molecule has 0 N–H and O–H groups in total. The lowest BCUT2D eigenvalue weighted by atomic mass is 9.47. The third kappa shape index (κ3) is 4.39. The van der Waals surface area contributed by atoms with Gasteiger partial charge in [0.15, 0.2) is 0 Å². The second-order valence-corrected chi connectivity index (χ2v) is 13.6. The van der Waals surface area contributed by atoms with Gasteiger partial charge in [0.2, 0.25) is 0 Å². The van der Waals surface area contributed by atoms with E-state index in [4.69, 9.17) is 4.74 Å². The van der Waals surface area contributed by atoms with Gasteiger partial charge in [0.1, 0.15) is 11.9 Å². The molecule has 4 aliphatic carbocycles. The molecule has 0 radical (unpaired) electrons. The van der Waals surface area contributed by atoms with E-state index in [0.717, 1.165) is 47.7 Å². The minimum absolute atomic E-state index is 0.356. The summed E-state index contributed by atoms with van der Waals surface area (Å²) in [6.45, 7) is 12.7. The largest absolute Gasteiger partial charge is 0.490 e. The van der Waals surface area contributed by atoms with Gasteiger partial charge in [0, 0.05) is 6.42 Å². The van der Waals surface area contributed by atoms with Crippen LogP contribution in [0.5, 0.6) is 5.75 Å². The number of fused-ring (bicyclic) bond motifs is 5. The number of rotatable bonds is 7. The topological polar surface area (TPSA) is 9.23 Å². The van der Waals surface area contributed by atoms with Crippen molar-refractivity contribution in [3.63, 3.8) is 0 Å². The van der Waals surface area contributed by atoms with E-state index < -0.39 is 0 Å². The molecule has 0 bridgehead atoms. The zero-order valence-corrected chi connectivity index (χ0v) is 22.7. The van der Waals surface area contributed by atoms with E-state index in [9.17, 15) is 0 Å². The number of para-hydroxylation sites is 1. The summed E-state index contributed by atoms with van der Waals surface area (Å²) in [4.78, 5) is 0. The molecule has 3 saturated carbocycles. The van der Waals surface area contributed by atoms with Gasteiger partial charge in [0.25, 0.3) is 0 Å². The maximum atomic E-state index is 6.42. The van der Waals surface area contributed by atoms with Gasteiger partial charge in [0.05, 0.1) is 0 Å². The number of hydrogen-bond donors (Lipinski definition) is 0. The fourth-order valence-electron chi connectivity index (χ4n) is 9.44. The van der Waals surface area contributed by atoms with Gasteiger partial charge in [-0.25, -0.2) is 0 Å². The summed E-state index contributed by atoms with van der Waals surface area (Å²) in [5.41, 5.74) is 2.75. The molecule has 5 rings (SSSR count). The Bertz CT molecular complexity index is 855. The molecule has 1 nitrogen and oxygen atoms in total.